The molecule has 4 heteroatoms. The monoisotopic (exact) mass is 173 g/mol. The van der Waals surface area contributed by atoms with E-state index in [9.17, 15) is 8.60 Å². The van der Waals surface area contributed by atoms with Crippen LogP contribution in [0.15, 0.2) is 29.2 Å². The first kappa shape index (κ1) is 8.20. The van der Waals surface area contributed by atoms with Gasteiger partial charge < -0.3 is 0 Å². The highest BCUT2D eigenvalue weighted by atomic mass is 32.2. The zero-order chi connectivity index (χ0) is 8.48. The molecule has 11 heavy (non-hydrogen) atoms. The molecule has 2 nitrogen and oxygen atoms in total. The predicted octanol–water partition coefficient (Wildman–Crippen LogP) is 1.86. The van der Waals surface area contributed by atoms with Crippen molar-refractivity contribution >= 4 is 9.73 Å². The van der Waals surface area contributed by atoms with Gasteiger partial charge in [0.05, 0.1) is 14.6 Å². The summed E-state index contributed by atoms with van der Waals surface area (Å²) in [7, 11) is -2.91. The van der Waals surface area contributed by atoms with Gasteiger partial charge in [0.25, 0.3) is 0 Å². The van der Waals surface area contributed by atoms with Crippen molar-refractivity contribution in [1.29, 1.82) is 4.78 Å². The number of nitrogens with one attached hydrogen (secondary N) is 1. The summed E-state index contributed by atoms with van der Waals surface area (Å²) in [5, 5.41) is 0. The molecule has 0 aliphatic heterocycles. The molecular formula is C7H8FNOS. The van der Waals surface area contributed by atoms with Gasteiger partial charge in [-0.15, -0.1) is 0 Å². The maximum absolute atomic E-state index is 12.8. The number of hydrogen-bond acceptors (Lipinski definition) is 2. The molecule has 60 valence electrons. The molecular weight excluding hydrogens is 165 g/mol. The third-order valence-electron chi connectivity index (χ3n) is 1.26. The first-order valence-corrected chi connectivity index (χ1v) is 4.97. The van der Waals surface area contributed by atoms with Crippen LogP contribution in [0.3, 0.4) is 0 Å². The third kappa shape index (κ3) is 1.77. The summed E-state index contributed by atoms with van der Waals surface area (Å²) < 4.78 is 30.9. The van der Waals surface area contributed by atoms with Crippen molar-refractivity contribution in [3.63, 3.8) is 0 Å². The highest BCUT2D eigenvalue weighted by molar-refractivity contribution is 7.91. The van der Waals surface area contributed by atoms with E-state index < -0.39 is 15.5 Å². The van der Waals surface area contributed by atoms with Crippen molar-refractivity contribution in [3.8, 4) is 0 Å². The molecule has 0 amide bonds. The van der Waals surface area contributed by atoms with Crippen LogP contribution in [0.25, 0.3) is 0 Å². The Morgan fingerprint density at radius 2 is 2.00 bits per heavy atom. The van der Waals surface area contributed by atoms with Gasteiger partial charge in [-0.3, -0.25) is 0 Å². The summed E-state index contributed by atoms with van der Waals surface area (Å²) in [4.78, 5) is -0.0278. The molecule has 0 saturated carbocycles. The van der Waals surface area contributed by atoms with E-state index in [4.69, 9.17) is 4.78 Å². The second kappa shape index (κ2) is 2.62. The van der Waals surface area contributed by atoms with Crippen LogP contribution in [-0.2, 0) is 9.73 Å². The molecule has 0 aliphatic carbocycles. The van der Waals surface area contributed by atoms with E-state index >= 15 is 0 Å². The molecule has 1 aromatic carbocycles. The molecule has 1 aromatic rings. The molecule has 1 rings (SSSR count). The van der Waals surface area contributed by atoms with Crippen molar-refractivity contribution in [2.45, 2.75) is 4.90 Å². The van der Waals surface area contributed by atoms with E-state index in [-0.39, 0.29) is 4.90 Å². The Morgan fingerprint density at radius 3 is 2.36 bits per heavy atom. The van der Waals surface area contributed by atoms with Crippen LogP contribution in [0.5, 0.6) is 0 Å². The standard InChI is InChI=1S/C7H8FNOS/c1-11(9,10)7-5-3-2-4-6(7)8/h2-5,9H,1H3/t11-/m1/s1. The zero-order valence-corrected chi connectivity index (χ0v) is 6.82. The lowest BCUT2D eigenvalue weighted by molar-refractivity contribution is 0.594. The van der Waals surface area contributed by atoms with Gasteiger partial charge in [0, 0.05) is 6.26 Å². The van der Waals surface area contributed by atoms with Gasteiger partial charge in [-0.1, -0.05) is 12.1 Å². The normalized spacial score (nSPS) is 15.8. The van der Waals surface area contributed by atoms with Crippen LogP contribution in [0.1, 0.15) is 0 Å². The van der Waals surface area contributed by atoms with Gasteiger partial charge in [-0.2, -0.15) is 0 Å². The van der Waals surface area contributed by atoms with E-state index in [1.807, 2.05) is 0 Å². The van der Waals surface area contributed by atoms with Crippen molar-refractivity contribution in [3.05, 3.63) is 30.1 Å². The summed E-state index contributed by atoms with van der Waals surface area (Å²) >= 11 is 0. The molecule has 0 aromatic heterocycles. The smallest absolute Gasteiger partial charge is 0.140 e. The molecule has 0 radical (unpaired) electrons. The fourth-order valence-electron chi connectivity index (χ4n) is 0.761. The van der Waals surface area contributed by atoms with Crippen LogP contribution in [0, 0.1) is 10.6 Å². The number of halogens is 1. The third-order valence-corrected chi connectivity index (χ3v) is 2.43. The van der Waals surface area contributed by atoms with Gasteiger partial charge in [-0.05, 0) is 12.1 Å². The Bertz CT molecular complexity index is 358. The van der Waals surface area contributed by atoms with Gasteiger partial charge in [0.2, 0.25) is 0 Å². The molecule has 0 heterocycles. The van der Waals surface area contributed by atoms with Crippen LogP contribution < -0.4 is 0 Å². The van der Waals surface area contributed by atoms with E-state index in [0.29, 0.717) is 0 Å². The predicted molar refractivity (Wildman–Crippen MR) is 41.5 cm³/mol. The van der Waals surface area contributed by atoms with Crippen molar-refractivity contribution < 1.29 is 8.60 Å². The summed E-state index contributed by atoms with van der Waals surface area (Å²) in [6.07, 6.45) is 1.20. The quantitative estimate of drug-likeness (QED) is 0.691. The summed E-state index contributed by atoms with van der Waals surface area (Å²) in [6.45, 7) is 0. The largest absolute Gasteiger partial charge is 0.249 e. The topological polar surface area (TPSA) is 40.9 Å². The van der Waals surface area contributed by atoms with E-state index in [2.05, 4.69) is 0 Å². The lowest BCUT2D eigenvalue weighted by atomic mass is 10.4. The minimum atomic E-state index is -2.91. The van der Waals surface area contributed by atoms with Crippen molar-refractivity contribution in [1.82, 2.24) is 0 Å². The SMILES string of the molecule is C[S@@](=N)(=O)c1ccccc1F. The van der Waals surface area contributed by atoms with Crippen LogP contribution in [0.4, 0.5) is 4.39 Å². The van der Waals surface area contributed by atoms with E-state index in [0.717, 1.165) is 0 Å². The lowest BCUT2D eigenvalue weighted by Gasteiger charge is -2.00. The Morgan fingerprint density at radius 1 is 1.45 bits per heavy atom. The first-order chi connectivity index (χ1) is 5.02. The van der Waals surface area contributed by atoms with Crippen LogP contribution in [0.2, 0.25) is 0 Å². The van der Waals surface area contributed by atoms with Crippen molar-refractivity contribution in [2.24, 2.45) is 0 Å². The second-order valence-corrected chi connectivity index (χ2v) is 4.40. The molecule has 0 spiro atoms. The molecule has 0 aliphatic rings. The number of hydrogen-bond donors (Lipinski definition) is 1. The lowest BCUT2D eigenvalue weighted by Crippen LogP contribution is -1.97. The number of rotatable bonds is 1. The molecule has 0 unspecified atom stereocenters. The Kier molecular flexibility index (Phi) is 1.95. The summed E-state index contributed by atoms with van der Waals surface area (Å²) in [5.41, 5.74) is 0. The summed E-state index contributed by atoms with van der Waals surface area (Å²) in [6, 6.07) is 5.64. The van der Waals surface area contributed by atoms with Crippen LogP contribution >= 0.6 is 0 Å². The van der Waals surface area contributed by atoms with E-state index in [1.165, 1.54) is 24.5 Å². The van der Waals surface area contributed by atoms with Gasteiger partial charge in [-0.25, -0.2) is 13.4 Å². The second-order valence-electron chi connectivity index (χ2n) is 2.27. The summed E-state index contributed by atoms with van der Waals surface area (Å²) in [5.74, 6) is -0.574. The van der Waals surface area contributed by atoms with Gasteiger partial charge in [0.15, 0.2) is 0 Å². The Balaban J connectivity index is 3.37. The molecule has 0 saturated heterocycles. The Hall–Kier alpha value is -0.900. The fourth-order valence-corrected chi connectivity index (χ4v) is 1.54. The van der Waals surface area contributed by atoms with Crippen LogP contribution in [-0.4, -0.2) is 10.5 Å². The maximum Gasteiger partial charge on any atom is 0.140 e. The molecule has 0 fully saturated rings. The highest BCUT2D eigenvalue weighted by Crippen LogP contribution is 2.12. The number of benzene rings is 1. The van der Waals surface area contributed by atoms with Crippen molar-refractivity contribution in [2.75, 3.05) is 6.26 Å². The minimum Gasteiger partial charge on any atom is -0.249 e. The Labute approximate surface area is 65.0 Å². The average Bonchev–Trinajstić information content (AvgIpc) is 1.86. The minimum absolute atomic E-state index is 0.0278. The zero-order valence-electron chi connectivity index (χ0n) is 6.00. The first-order valence-electron chi connectivity index (χ1n) is 3.00. The fraction of sp³-hybridized carbons (Fsp3) is 0.143. The molecule has 1 atom stereocenters. The highest BCUT2D eigenvalue weighted by Gasteiger charge is 2.07. The van der Waals surface area contributed by atoms with Gasteiger partial charge in [0.1, 0.15) is 5.82 Å². The average molecular weight is 173 g/mol. The van der Waals surface area contributed by atoms with E-state index in [1.54, 1.807) is 6.07 Å². The maximum atomic E-state index is 12.8. The molecule has 0 bridgehead atoms. The van der Waals surface area contributed by atoms with Gasteiger partial charge >= 0.3 is 0 Å². The molecule has 1 N–H and O–H groups in total.